The average molecular weight is 285 g/mol. The number of benzene rings is 1. The molecule has 0 aliphatic heterocycles. The molecule has 5 heteroatoms. The Morgan fingerprint density at radius 3 is 2.68 bits per heavy atom. The molecule has 0 spiro atoms. The van der Waals surface area contributed by atoms with Crippen molar-refractivity contribution >= 4 is 23.2 Å². The van der Waals surface area contributed by atoms with Crippen LogP contribution in [-0.4, -0.2) is 25.1 Å². The number of hydrogen-bond donors (Lipinski definition) is 2. The molecule has 0 aromatic heterocycles. The van der Waals surface area contributed by atoms with Gasteiger partial charge in [0.05, 0.1) is 24.4 Å². The summed E-state index contributed by atoms with van der Waals surface area (Å²) in [5.41, 5.74) is 0.488. The van der Waals surface area contributed by atoms with E-state index in [0.717, 1.165) is 6.42 Å². The van der Waals surface area contributed by atoms with Crippen LogP contribution in [0, 0.1) is 0 Å². The molecule has 19 heavy (non-hydrogen) atoms. The number of anilines is 1. The maximum Gasteiger partial charge on any atom is 0.239 e. The number of ether oxygens (including phenoxy) is 1. The van der Waals surface area contributed by atoms with Crippen LogP contribution in [0.4, 0.5) is 5.69 Å². The summed E-state index contributed by atoms with van der Waals surface area (Å²) in [4.78, 5) is 11.8. The zero-order valence-electron chi connectivity index (χ0n) is 11.8. The highest BCUT2D eigenvalue weighted by Gasteiger charge is 2.17. The van der Waals surface area contributed by atoms with E-state index in [0.29, 0.717) is 16.5 Å². The van der Waals surface area contributed by atoms with Crippen molar-refractivity contribution in [2.45, 2.75) is 32.7 Å². The fourth-order valence-electron chi connectivity index (χ4n) is 1.45. The number of carbonyl (C=O) groups is 1. The van der Waals surface area contributed by atoms with Crippen LogP contribution in [0.1, 0.15) is 27.2 Å². The van der Waals surface area contributed by atoms with E-state index in [1.165, 1.54) is 0 Å². The first-order chi connectivity index (χ1) is 8.88. The minimum atomic E-state index is -0.197. The lowest BCUT2D eigenvalue weighted by atomic mass is 10.0. The summed E-state index contributed by atoms with van der Waals surface area (Å²) < 4.78 is 5.12. The van der Waals surface area contributed by atoms with Crippen molar-refractivity contribution in [2.24, 2.45) is 0 Å². The van der Waals surface area contributed by atoms with Gasteiger partial charge in [-0.3, -0.25) is 4.79 Å². The molecule has 0 atom stereocenters. The van der Waals surface area contributed by atoms with Gasteiger partial charge in [-0.05, 0) is 32.4 Å². The van der Waals surface area contributed by atoms with Crippen LogP contribution in [0.25, 0.3) is 0 Å². The van der Waals surface area contributed by atoms with E-state index >= 15 is 0 Å². The van der Waals surface area contributed by atoms with Crippen molar-refractivity contribution in [3.8, 4) is 5.75 Å². The molecule has 1 aromatic rings. The lowest BCUT2D eigenvalue weighted by molar-refractivity contribution is -0.121. The van der Waals surface area contributed by atoms with Crippen molar-refractivity contribution in [3.05, 3.63) is 23.2 Å². The van der Waals surface area contributed by atoms with Crippen LogP contribution in [0.2, 0.25) is 5.02 Å². The maximum absolute atomic E-state index is 11.8. The van der Waals surface area contributed by atoms with Crippen LogP contribution in [0.15, 0.2) is 18.2 Å². The fraction of sp³-hybridized carbons (Fsp3) is 0.500. The van der Waals surface area contributed by atoms with Crippen LogP contribution in [0.5, 0.6) is 5.75 Å². The molecule has 0 saturated heterocycles. The highest BCUT2D eigenvalue weighted by atomic mass is 35.5. The molecule has 0 aliphatic rings. The van der Waals surface area contributed by atoms with Gasteiger partial charge in [-0.1, -0.05) is 18.5 Å². The molecule has 0 radical (unpaired) electrons. The molecule has 0 bridgehead atoms. The Morgan fingerprint density at radius 1 is 1.42 bits per heavy atom. The molecular formula is C14H21ClN2O2. The number of nitrogens with one attached hydrogen (secondary N) is 2. The summed E-state index contributed by atoms with van der Waals surface area (Å²) >= 11 is 6.05. The Kier molecular flexibility index (Phi) is 5.48. The second kappa shape index (κ2) is 6.66. The first kappa shape index (κ1) is 15.6. The standard InChI is InChI=1S/C14H21ClN2O2/c1-5-14(2,3)17-13(18)9-16-12-8-10(19-4)6-7-11(12)15/h6-8,16H,5,9H2,1-4H3,(H,17,18). The highest BCUT2D eigenvalue weighted by Crippen LogP contribution is 2.26. The predicted molar refractivity (Wildman–Crippen MR) is 79.0 cm³/mol. The van der Waals surface area contributed by atoms with E-state index in [9.17, 15) is 4.79 Å². The van der Waals surface area contributed by atoms with Gasteiger partial charge in [0.1, 0.15) is 5.75 Å². The molecule has 106 valence electrons. The fourth-order valence-corrected chi connectivity index (χ4v) is 1.64. The van der Waals surface area contributed by atoms with Gasteiger partial charge in [0.2, 0.25) is 5.91 Å². The van der Waals surface area contributed by atoms with Crippen molar-refractivity contribution < 1.29 is 9.53 Å². The Hall–Kier alpha value is -1.42. The third-order valence-corrected chi connectivity index (χ3v) is 3.30. The van der Waals surface area contributed by atoms with Crippen LogP contribution in [-0.2, 0) is 4.79 Å². The zero-order chi connectivity index (χ0) is 14.5. The Morgan fingerprint density at radius 2 is 2.11 bits per heavy atom. The lowest BCUT2D eigenvalue weighted by Crippen LogP contribution is -2.45. The third kappa shape index (κ3) is 4.99. The number of halogens is 1. The average Bonchev–Trinajstić information content (AvgIpc) is 2.37. The Bertz CT molecular complexity index is 447. The minimum absolute atomic E-state index is 0.0641. The van der Waals surface area contributed by atoms with Crippen LogP contribution >= 0.6 is 11.6 Å². The number of amides is 1. The van der Waals surface area contributed by atoms with Crippen molar-refractivity contribution in [2.75, 3.05) is 19.0 Å². The molecule has 0 heterocycles. The highest BCUT2D eigenvalue weighted by molar-refractivity contribution is 6.33. The molecule has 1 amide bonds. The number of methoxy groups -OCH3 is 1. The van der Waals surface area contributed by atoms with E-state index < -0.39 is 0 Å². The van der Waals surface area contributed by atoms with Gasteiger partial charge >= 0.3 is 0 Å². The van der Waals surface area contributed by atoms with Gasteiger partial charge in [0, 0.05) is 11.6 Å². The van der Waals surface area contributed by atoms with Crippen LogP contribution < -0.4 is 15.4 Å². The summed E-state index contributed by atoms with van der Waals surface area (Å²) in [5.74, 6) is 0.631. The summed E-state index contributed by atoms with van der Waals surface area (Å²) in [6.45, 7) is 6.19. The first-order valence-electron chi connectivity index (χ1n) is 6.26. The van der Waals surface area contributed by atoms with Crippen molar-refractivity contribution in [1.29, 1.82) is 0 Å². The number of carbonyl (C=O) groups excluding carboxylic acids is 1. The number of hydrogen-bond acceptors (Lipinski definition) is 3. The topological polar surface area (TPSA) is 50.4 Å². The van der Waals surface area contributed by atoms with Gasteiger partial charge in [0.25, 0.3) is 0 Å². The molecule has 2 N–H and O–H groups in total. The quantitative estimate of drug-likeness (QED) is 0.844. The van der Waals surface area contributed by atoms with E-state index in [1.807, 2.05) is 20.8 Å². The molecule has 0 aliphatic carbocycles. The van der Waals surface area contributed by atoms with E-state index in [4.69, 9.17) is 16.3 Å². The van der Waals surface area contributed by atoms with Gasteiger partial charge < -0.3 is 15.4 Å². The number of rotatable bonds is 6. The predicted octanol–water partition coefficient (Wildman–Crippen LogP) is 3.07. The van der Waals surface area contributed by atoms with E-state index in [2.05, 4.69) is 10.6 Å². The second-order valence-electron chi connectivity index (χ2n) is 4.98. The largest absolute Gasteiger partial charge is 0.497 e. The van der Waals surface area contributed by atoms with Crippen molar-refractivity contribution in [3.63, 3.8) is 0 Å². The van der Waals surface area contributed by atoms with Gasteiger partial charge in [-0.15, -0.1) is 0 Å². The Balaban J connectivity index is 2.59. The van der Waals surface area contributed by atoms with Gasteiger partial charge in [-0.2, -0.15) is 0 Å². The first-order valence-corrected chi connectivity index (χ1v) is 6.64. The van der Waals surface area contributed by atoms with E-state index in [1.54, 1.807) is 25.3 Å². The summed E-state index contributed by atoms with van der Waals surface area (Å²) in [5, 5.41) is 6.52. The molecule has 0 saturated carbocycles. The summed E-state index contributed by atoms with van der Waals surface area (Å²) in [6, 6.07) is 5.27. The van der Waals surface area contributed by atoms with Crippen molar-refractivity contribution in [1.82, 2.24) is 5.32 Å². The third-order valence-electron chi connectivity index (χ3n) is 2.97. The van der Waals surface area contributed by atoms with Gasteiger partial charge in [0.15, 0.2) is 0 Å². The molecule has 1 aromatic carbocycles. The SMILES string of the molecule is CCC(C)(C)NC(=O)CNc1cc(OC)ccc1Cl. The van der Waals surface area contributed by atoms with E-state index in [-0.39, 0.29) is 18.0 Å². The lowest BCUT2D eigenvalue weighted by Gasteiger charge is -2.24. The second-order valence-corrected chi connectivity index (χ2v) is 5.39. The Labute approximate surface area is 119 Å². The summed E-state index contributed by atoms with van der Waals surface area (Å²) in [6.07, 6.45) is 0.874. The molecular weight excluding hydrogens is 264 g/mol. The minimum Gasteiger partial charge on any atom is -0.497 e. The molecule has 0 fully saturated rings. The van der Waals surface area contributed by atoms with Crippen LogP contribution in [0.3, 0.4) is 0 Å². The molecule has 1 rings (SSSR count). The monoisotopic (exact) mass is 284 g/mol. The maximum atomic E-state index is 11.8. The molecule has 4 nitrogen and oxygen atoms in total. The molecule has 0 unspecified atom stereocenters. The smallest absolute Gasteiger partial charge is 0.239 e. The summed E-state index contributed by atoms with van der Waals surface area (Å²) in [7, 11) is 1.59. The van der Waals surface area contributed by atoms with Gasteiger partial charge in [-0.25, -0.2) is 0 Å². The normalized spacial score (nSPS) is 11.0. The zero-order valence-corrected chi connectivity index (χ0v) is 12.6.